The lowest BCUT2D eigenvalue weighted by molar-refractivity contribution is 0.0998. The molecule has 1 unspecified atom stereocenters. The molecule has 0 bridgehead atoms. The third-order valence-electron chi connectivity index (χ3n) is 2.84. The summed E-state index contributed by atoms with van der Waals surface area (Å²) in [6, 6.07) is 6.05. The molecule has 2 aromatic heterocycles. The summed E-state index contributed by atoms with van der Waals surface area (Å²) < 4.78 is 5.31. The molecule has 0 fully saturated rings. The second kappa shape index (κ2) is 6.70. The van der Waals surface area contributed by atoms with E-state index in [-0.39, 0.29) is 6.04 Å². The first-order chi connectivity index (χ1) is 9.20. The molecule has 5 nitrogen and oxygen atoms in total. The zero-order valence-electron chi connectivity index (χ0n) is 11.4. The first-order valence-electron chi connectivity index (χ1n) is 6.09. The van der Waals surface area contributed by atoms with Gasteiger partial charge < -0.3 is 4.74 Å². The zero-order chi connectivity index (χ0) is 13.7. The molecular weight excluding hydrogens is 260 g/mol. The Labute approximate surface area is 117 Å². The van der Waals surface area contributed by atoms with Gasteiger partial charge in [-0.3, -0.25) is 9.88 Å². The van der Waals surface area contributed by atoms with Gasteiger partial charge in [0.1, 0.15) is 10.0 Å². The van der Waals surface area contributed by atoms with Crippen molar-refractivity contribution < 1.29 is 4.74 Å². The summed E-state index contributed by atoms with van der Waals surface area (Å²) in [5.74, 6) is 0. The minimum absolute atomic E-state index is 0.121. The van der Waals surface area contributed by atoms with Gasteiger partial charge in [0.25, 0.3) is 0 Å². The fraction of sp³-hybridized carbons (Fsp3) is 0.462. The quantitative estimate of drug-likeness (QED) is 0.809. The van der Waals surface area contributed by atoms with E-state index < -0.39 is 0 Å². The Kier molecular flexibility index (Phi) is 4.95. The predicted octanol–water partition coefficient (Wildman–Crippen LogP) is 2.06. The van der Waals surface area contributed by atoms with Crippen molar-refractivity contribution in [2.24, 2.45) is 0 Å². The molecule has 0 aromatic carbocycles. The summed E-state index contributed by atoms with van der Waals surface area (Å²) in [6.07, 6.45) is 1.81. The van der Waals surface area contributed by atoms with Crippen molar-refractivity contribution in [2.45, 2.75) is 19.5 Å². The second-order valence-electron chi connectivity index (χ2n) is 4.36. The van der Waals surface area contributed by atoms with Gasteiger partial charge in [-0.2, -0.15) is 0 Å². The molecule has 0 aliphatic rings. The number of ether oxygens (including phenoxy) is 1. The lowest BCUT2D eigenvalue weighted by Gasteiger charge is -2.26. The molecule has 0 spiro atoms. The monoisotopic (exact) mass is 278 g/mol. The molecule has 2 heterocycles. The van der Waals surface area contributed by atoms with Crippen molar-refractivity contribution in [3.8, 4) is 0 Å². The lowest BCUT2D eigenvalue weighted by Crippen LogP contribution is -2.28. The highest BCUT2D eigenvalue weighted by molar-refractivity contribution is 7.11. The van der Waals surface area contributed by atoms with E-state index >= 15 is 0 Å². The predicted molar refractivity (Wildman–Crippen MR) is 75.0 cm³/mol. The van der Waals surface area contributed by atoms with Crippen LogP contribution in [0.3, 0.4) is 0 Å². The van der Waals surface area contributed by atoms with Crippen molar-refractivity contribution in [1.29, 1.82) is 0 Å². The average molecular weight is 278 g/mol. The summed E-state index contributed by atoms with van der Waals surface area (Å²) in [7, 11) is 3.76. The van der Waals surface area contributed by atoms with Crippen LogP contribution >= 0.6 is 11.3 Å². The van der Waals surface area contributed by atoms with E-state index in [1.54, 1.807) is 24.6 Å². The van der Waals surface area contributed by atoms with E-state index in [0.717, 1.165) is 22.3 Å². The number of likely N-dealkylation sites (N-methyl/N-ethyl adjacent to an activating group) is 1. The third kappa shape index (κ3) is 3.79. The topological polar surface area (TPSA) is 51.1 Å². The number of hydrogen-bond acceptors (Lipinski definition) is 6. The highest BCUT2D eigenvalue weighted by atomic mass is 32.1. The van der Waals surface area contributed by atoms with Crippen LogP contribution in [0.1, 0.15) is 21.8 Å². The Balaban J connectivity index is 2.10. The summed E-state index contributed by atoms with van der Waals surface area (Å²) in [4.78, 5) is 6.60. The van der Waals surface area contributed by atoms with Gasteiger partial charge in [-0.1, -0.05) is 6.07 Å². The van der Waals surface area contributed by atoms with E-state index in [1.165, 1.54) is 0 Å². The second-order valence-corrected chi connectivity index (χ2v) is 5.62. The van der Waals surface area contributed by atoms with Crippen LogP contribution in [0.4, 0.5) is 0 Å². The SMILES string of the molecule is COCC(c1ccccn1)N(C)Cc1nnc(C)s1. The molecule has 0 saturated heterocycles. The molecule has 2 aromatic rings. The van der Waals surface area contributed by atoms with E-state index in [9.17, 15) is 0 Å². The number of aromatic nitrogens is 3. The molecule has 6 heteroatoms. The molecular formula is C13H18N4OS. The number of hydrogen-bond donors (Lipinski definition) is 0. The Morgan fingerprint density at radius 3 is 2.79 bits per heavy atom. The number of nitrogens with zero attached hydrogens (tertiary/aromatic N) is 4. The molecule has 0 aliphatic heterocycles. The van der Waals surface area contributed by atoms with Crippen LogP contribution < -0.4 is 0 Å². The number of aryl methyl sites for hydroxylation is 1. The van der Waals surface area contributed by atoms with Crippen LogP contribution in [0.2, 0.25) is 0 Å². The number of methoxy groups -OCH3 is 1. The summed E-state index contributed by atoms with van der Waals surface area (Å²) >= 11 is 1.62. The van der Waals surface area contributed by atoms with E-state index in [1.807, 2.05) is 25.1 Å². The minimum Gasteiger partial charge on any atom is -0.383 e. The first kappa shape index (κ1) is 14.0. The first-order valence-corrected chi connectivity index (χ1v) is 6.91. The van der Waals surface area contributed by atoms with Gasteiger partial charge in [-0.15, -0.1) is 21.5 Å². The van der Waals surface area contributed by atoms with E-state index in [0.29, 0.717) is 6.61 Å². The third-order valence-corrected chi connectivity index (χ3v) is 3.66. The molecule has 0 N–H and O–H groups in total. The maximum atomic E-state index is 5.31. The fourth-order valence-corrected chi connectivity index (χ4v) is 2.67. The van der Waals surface area contributed by atoms with Crippen molar-refractivity contribution in [3.63, 3.8) is 0 Å². The number of pyridine rings is 1. The smallest absolute Gasteiger partial charge is 0.131 e. The van der Waals surface area contributed by atoms with Gasteiger partial charge in [0.2, 0.25) is 0 Å². The molecule has 0 amide bonds. The largest absolute Gasteiger partial charge is 0.383 e. The van der Waals surface area contributed by atoms with Gasteiger partial charge in [0.15, 0.2) is 0 Å². The molecule has 1 atom stereocenters. The van der Waals surface area contributed by atoms with E-state index in [2.05, 4.69) is 27.1 Å². The lowest BCUT2D eigenvalue weighted by atomic mass is 10.2. The van der Waals surface area contributed by atoms with Crippen molar-refractivity contribution in [3.05, 3.63) is 40.1 Å². The maximum absolute atomic E-state index is 5.31. The number of rotatable bonds is 6. The summed E-state index contributed by atoms with van der Waals surface area (Å²) in [6.45, 7) is 3.31. The van der Waals surface area contributed by atoms with Gasteiger partial charge in [0.05, 0.1) is 24.9 Å². The standard InChI is InChI=1S/C13H18N4OS/c1-10-15-16-13(19-10)8-17(2)12(9-18-3)11-6-4-5-7-14-11/h4-7,12H,8-9H2,1-3H3. The Hall–Kier alpha value is -1.37. The van der Waals surface area contributed by atoms with Gasteiger partial charge in [-0.05, 0) is 26.1 Å². The minimum atomic E-state index is 0.121. The van der Waals surface area contributed by atoms with Crippen LogP contribution in [0.5, 0.6) is 0 Å². The van der Waals surface area contributed by atoms with Crippen molar-refractivity contribution in [1.82, 2.24) is 20.1 Å². The van der Waals surface area contributed by atoms with Gasteiger partial charge >= 0.3 is 0 Å². The molecule has 0 aliphatic carbocycles. The van der Waals surface area contributed by atoms with Crippen LogP contribution in [-0.2, 0) is 11.3 Å². The molecule has 0 saturated carbocycles. The van der Waals surface area contributed by atoms with E-state index in [4.69, 9.17) is 4.74 Å². The fourth-order valence-electron chi connectivity index (χ4n) is 1.89. The van der Waals surface area contributed by atoms with Gasteiger partial charge in [-0.25, -0.2) is 0 Å². The van der Waals surface area contributed by atoms with Crippen LogP contribution in [-0.4, -0.2) is 40.8 Å². The maximum Gasteiger partial charge on any atom is 0.131 e. The molecule has 19 heavy (non-hydrogen) atoms. The Morgan fingerprint density at radius 1 is 1.37 bits per heavy atom. The van der Waals surface area contributed by atoms with Crippen molar-refractivity contribution >= 4 is 11.3 Å². The van der Waals surface area contributed by atoms with Crippen LogP contribution in [0.15, 0.2) is 24.4 Å². The van der Waals surface area contributed by atoms with Gasteiger partial charge in [0, 0.05) is 13.3 Å². The zero-order valence-corrected chi connectivity index (χ0v) is 12.2. The Bertz CT molecular complexity index is 502. The summed E-state index contributed by atoms with van der Waals surface area (Å²) in [5.41, 5.74) is 1.01. The van der Waals surface area contributed by atoms with Crippen LogP contribution in [0.25, 0.3) is 0 Å². The normalized spacial score (nSPS) is 12.8. The van der Waals surface area contributed by atoms with Crippen molar-refractivity contribution in [2.75, 3.05) is 20.8 Å². The Morgan fingerprint density at radius 2 is 2.21 bits per heavy atom. The highest BCUT2D eigenvalue weighted by Gasteiger charge is 2.19. The molecule has 2 rings (SSSR count). The average Bonchev–Trinajstić information content (AvgIpc) is 2.82. The molecule has 0 radical (unpaired) electrons. The molecule has 102 valence electrons. The summed E-state index contributed by atoms with van der Waals surface area (Å²) in [5, 5.41) is 10.2. The van der Waals surface area contributed by atoms with Crippen LogP contribution in [0, 0.1) is 6.92 Å². The highest BCUT2D eigenvalue weighted by Crippen LogP contribution is 2.20.